The molecule has 1 amide bonds. The Bertz CT molecular complexity index is 614. The van der Waals surface area contributed by atoms with Gasteiger partial charge in [-0.2, -0.15) is 0 Å². The molecule has 0 aromatic heterocycles. The van der Waals surface area contributed by atoms with Crippen LogP contribution in [0.2, 0.25) is 0 Å². The maximum Gasteiger partial charge on any atom is 0.254 e. The molecule has 0 radical (unpaired) electrons. The van der Waals surface area contributed by atoms with E-state index in [1.165, 1.54) is 23.1 Å². The molecule has 0 N–H and O–H groups in total. The van der Waals surface area contributed by atoms with Crippen molar-refractivity contribution in [2.75, 3.05) is 18.6 Å². The van der Waals surface area contributed by atoms with Crippen LogP contribution in [0.25, 0.3) is 0 Å². The number of carbonyl (C=O) groups excluding carboxylic acids is 1. The number of nitrogens with zero attached hydrogens (tertiary/aromatic N) is 1. The largest absolute Gasteiger partial charge is 0.335 e. The highest BCUT2D eigenvalue weighted by molar-refractivity contribution is 7.91. The Morgan fingerprint density at radius 2 is 2.11 bits per heavy atom. The molecule has 2 rings (SSSR count). The van der Waals surface area contributed by atoms with Gasteiger partial charge < -0.3 is 4.90 Å². The number of sulfone groups is 1. The maximum absolute atomic E-state index is 13.1. The molecule has 1 aromatic rings. The van der Waals surface area contributed by atoms with Gasteiger partial charge in [-0.15, -0.1) is 0 Å². The summed E-state index contributed by atoms with van der Waals surface area (Å²) in [7, 11) is -1.53. The van der Waals surface area contributed by atoms with Gasteiger partial charge in [0.1, 0.15) is 5.82 Å². The third-order valence-electron chi connectivity index (χ3n) is 3.67. The lowest BCUT2D eigenvalue weighted by Crippen LogP contribution is -2.48. The Hall–Kier alpha value is -1.43. The molecule has 19 heavy (non-hydrogen) atoms. The van der Waals surface area contributed by atoms with Crippen molar-refractivity contribution in [2.45, 2.75) is 18.9 Å². The highest BCUT2D eigenvalue weighted by Gasteiger charge is 2.43. The summed E-state index contributed by atoms with van der Waals surface area (Å²) in [6, 6.07) is 5.41. The molecule has 0 bridgehead atoms. The molecule has 1 aliphatic heterocycles. The highest BCUT2D eigenvalue weighted by Crippen LogP contribution is 2.29. The van der Waals surface area contributed by atoms with Crippen LogP contribution in [0.3, 0.4) is 0 Å². The molecule has 6 heteroatoms. The van der Waals surface area contributed by atoms with Crippen molar-refractivity contribution in [3.63, 3.8) is 0 Å². The smallest absolute Gasteiger partial charge is 0.254 e. The van der Waals surface area contributed by atoms with Gasteiger partial charge >= 0.3 is 0 Å². The predicted octanol–water partition coefficient (Wildman–Crippen LogP) is 1.47. The van der Waals surface area contributed by atoms with Crippen LogP contribution >= 0.6 is 0 Å². The number of carbonyl (C=O) groups is 1. The summed E-state index contributed by atoms with van der Waals surface area (Å²) in [5, 5.41) is 0. The molecule has 0 spiro atoms. The fourth-order valence-electron chi connectivity index (χ4n) is 2.32. The SMILES string of the molecule is CN(C(=O)c1cccc(F)c1)[C@]1(C)CCS(=O)(=O)C1. The molecule has 0 unspecified atom stereocenters. The molecule has 0 aliphatic carbocycles. The number of hydrogen-bond donors (Lipinski definition) is 0. The average Bonchev–Trinajstić information content (AvgIpc) is 2.63. The number of hydrogen-bond acceptors (Lipinski definition) is 3. The monoisotopic (exact) mass is 285 g/mol. The second kappa shape index (κ2) is 4.59. The van der Waals surface area contributed by atoms with E-state index >= 15 is 0 Å². The normalized spacial score (nSPS) is 25.2. The van der Waals surface area contributed by atoms with Gasteiger partial charge in [-0.3, -0.25) is 4.79 Å². The summed E-state index contributed by atoms with van der Waals surface area (Å²) < 4.78 is 36.3. The molecule has 1 fully saturated rings. The lowest BCUT2D eigenvalue weighted by molar-refractivity contribution is 0.0638. The third-order valence-corrected chi connectivity index (χ3v) is 5.56. The first-order valence-corrected chi connectivity index (χ1v) is 7.80. The van der Waals surface area contributed by atoms with Crippen molar-refractivity contribution in [1.29, 1.82) is 0 Å². The minimum absolute atomic E-state index is 0.0441. The second-order valence-corrected chi connectivity index (χ2v) is 7.40. The average molecular weight is 285 g/mol. The van der Waals surface area contributed by atoms with Crippen molar-refractivity contribution in [3.05, 3.63) is 35.6 Å². The van der Waals surface area contributed by atoms with Crippen molar-refractivity contribution in [3.8, 4) is 0 Å². The van der Waals surface area contributed by atoms with Crippen LogP contribution in [0.4, 0.5) is 4.39 Å². The van der Waals surface area contributed by atoms with E-state index in [2.05, 4.69) is 0 Å². The standard InChI is InChI=1S/C13H16FNO3S/c1-13(6-7-19(17,18)9-13)15(2)12(16)10-4-3-5-11(14)8-10/h3-5,8H,6-7,9H2,1-2H3/t13-/m1/s1. The van der Waals surface area contributed by atoms with Gasteiger partial charge in [0.25, 0.3) is 5.91 Å². The third kappa shape index (κ3) is 2.78. The summed E-state index contributed by atoms with van der Waals surface area (Å²) in [6.45, 7) is 1.74. The zero-order valence-electron chi connectivity index (χ0n) is 10.9. The van der Waals surface area contributed by atoms with Gasteiger partial charge in [0.15, 0.2) is 9.84 Å². The first-order valence-electron chi connectivity index (χ1n) is 5.98. The van der Waals surface area contributed by atoms with E-state index in [0.29, 0.717) is 6.42 Å². The molecular formula is C13H16FNO3S. The Morgan fingerprint density at radius 1 is 1.42 bits per heavy atom. The van der Waals surface area contributed by atoms with Crippen LogP contribution in [0.1, 0.15) is 23.7 Å². The van der Waals surface area contributed by atoms with Crippen molar-refractivity contribution < 1.29 is 17.6 Å². The zero-order chi connectivity index (χ0) is 14.3. The van der Waals surface area contributed by atoms with Gasteiger partial charge in [-0.05, 0) is 31.5 Å². The van der Waals surface area contributed by atoms with E-state index in [-0.39, 0.29) is 23.0 Å². The quantitative estimate of drug-likeness (QED) is 0.827. The van der Waals surface area contributed by atoms with E-state index < -0.39 is 21.2 Å². The summed E-state index contributed by atoms with van der Waals surface area (Å²) in [5.41, 5.74) is -0.490. The molecule has 0 saturated carbocycles. The van der Waals surface area contributed by atoms with Gasteiger partial charge in [-0.25, -0.2) is 12.8 Å². The Kier molecular flexibility index (Phi) is 3.38. The minimum atomic E-state index is -3.09. The van der Waals surface area contributed by atoms with Crippen molar-refractivity contribution in [1.82, 2.24) is 4.90 Å². The molecule has 104 valence electrons. The van der Waals surface area contributed by atoms with Crippen molar-refractivity contribution in [2.24, 2.45) is 0 Å². The lowest BCUT2D eigenvalue weighted by Gasteiger charge is -2.34. The first-order chi connectivity index (χ1) is 8.73. The molecular weight excluding hydrogens is 269 g/mol. The number of amides is 1. The Morgan fingerprint density at radius 3 is 2.63 bits per heavy atom. The van der Waals surface area contributed by atoms with E-state index in [0.717, 1.165) is 6.07 Å². The molecule has 4 nitrogen and oxygen atoms in total. The van der Waals surface area contributed by atoms with Crippen LogP contribution in [0, 0.1) is 5.82 Å². The van der Waals surface area contributed by atoms with Crippen LogP contribution in [-0.4, -0.2) is 43.3 Å². The van der Waals surface area contributed by atoms with Crippen LogP contribution in [0.15, 0.2) is 24.3 Å². The van der Waals surface area contributed by atoms with Gasteiger partial charge in [0.05, 0.1) is 17.0 Å². The Balaban J connectivity index is 2.25. The minimum Gasteiger partial charge on any atom is -0.335 e. The Labute approximate surface area is 112 Å². The summed E-state index contributed by atoms with van der Waals surface area (Å²) in [5.74, 6) is -0.801. The maximum atomic E-state index is 13.1. The van der Waals surface area contributed by atoms with Gasteiger partial charge in [0, 0.05) is 12.6 Å². The number of benzene rings is 1. The van der Waals surface area contributed by atoms with Crippen LogP contribution in [0.5, 0.6) is 0 Å². The predicted molar refractivity (Wildman–Crippen MR) is 70.2 cm³/mol. The molecule has 1 aromatic carbocycles. The highest BCUT2D eigenvalue weighted by atomic mass is 32.2. The first kappa shape index (κ1) is 14.0. The van der Waals surface area contributed by atoms with Crippen LogP contribution in [-0.2, 0) is 9.84 Å². The summed E-state index contributed by atoms with van der Waals surface area (Å²) in [4.78, 5) is 13.7. The van der Waals surface area contributed by atoms with Crippen molar-refractivity contribution >= 4 is 15.7 Å². The lowest BCUT2D eigenvalue weighted by atomic mass is 9.99. The fourth-order valence-corrected chi connectivity index (χ4v) is 4.50. The topological polar surface area (TPSA) is 54.5 Å². The van der Waals surface area contributed by atoms with E-state index in [1.54, 1.807) is 14.0 Å². The van der Waals surface area contributed by atoms with Gasteiger partial charge in [-0.1, -0.05) is 6.07 Å². The summed E-state index contributed by atoms with van der Waals surface area (Å²) >= 11 is 0. The van der Waals surface area contributed by atoms with E-state index in [4.69, 9.17) is 0 Å². The number of rotatable bonds is 2. The number of halogens is 1. The molecule has 1 aliphatic rings. The molecule has 1 atom stereocenters. The molecule has 1 heterocycles. The van der Waals surface area contributed by atoms with Crippen LogP contribution < -0.4 is 0 Å². The zero-order valence-corrected chi connectivity index (χ0v) is 11.7. The van der Waals surface area contributed by atoms with E-state index in [1.807, 2.05) is 0 Å². The summed E-state index contributed by atoms with van der Waals surface area (Å²) in [6.07, 6.45) is 0.410. The molecule has 1 saturated heterocycles. The fraction of sp³-hybridized carbons (Fsp3) is 0.462. The second-order valence-electron chi connectivity index (χ2n) is 5.21. The van der Waals surface area contributed by atoms with Gasteiger partial charge in [0.2, 0.25) is 0 Å². The van der Waals surface area contributed by atoms with E-state index in [9.17, 15) is 17.6 Å².